The fraction of sp³-hybridized carbons (Fsp3) is 0.950. The van der Waals surface area contributed by atoms with Crippen molar-refractivity contribution in [1.82, 2.24) is 20.4 Å². The Morgan fingerprint density at radius 3 is 2.59 bits per heavy atom. The van der Waals surface area contributed by atoms with Gasteiger partial charge in [0.2, 0.25) is 0 Å². The number of nitrogens with one attached hydrogen (secondary N) is 2. The maximum Gasteiger partial charge on any atom is 0.191 e. The van der Waals surface area contributed by atoms with Crippen LogP contribution in [0, 0.1) is 11.3 Å². The van der Waals surface area contributed by atoms with Gasteiger partial charge in [-0.3, -0.25) is 4.99 Å². The molecule has 0 aromatic rings. The van der Waals surface area contributed by atoms with E-state index >= 15 is 0 Å². The zero-order valence-electron chi connectivity index (χ0n) is 18.1. The van der Waals surface area contributed by atoms with E-state index < -0.39 is 0 Å². The maximum absolute atomic E-state index is 6.09. The summed E-state index contributed by atoms with van der Waals surface area (Å²) in [5, 5.41) is 7.01. The van der Waals surface area contributed by atoms with Crippen LogP contribution in [0.5, 0.6) is 0 Å². The van der Waals surface area contributed by atoms with Gasteiger partial charge in [-0.2, -0.15) is 0 Å². The van der Waals surface area contributed by atoms with E-state index in [0.29, 0.717) is 12.0 Å². The summed E-state index contributed by atoms with van der Waals surface area (Å²) in [4.78, 5) is 9.37. The lowest BCUT2D eigenvalue weighted by Crippen LogP contribution is -2.48. The molecule has 2 aliphatic rings. The first kappa shape index (κ1) is 24.9. The van der Waals surface area contributed by atoms with Gasteiger partial charge in [-0.05, 0) is 44.8 Å². The highest BCUT2D eigenvalue weighted by molar-refractivity contribution is 14.0. The molecule has 2 aliphatic heterocycles. The van der Waals surface area contributed by atoms with Gasteiger partial charge in [0.05, 0.1) is 6.10 Å². The van der Waals surface area contributed by atoms with E-state index in [4.69, 9.17) is 4.74 Å². The summed E-state index contributed by atoms with van der Waals surface area (Å²) in [5.74, 6) is 1.46. The minimum Gasteiger partial charge on any atom is -0.377 e. The van der Waals surface area contributed by atoms with E-state index in [2.05, 4.69) is 53.2 Å². The Kier molecular flexibility index (Phi) is 11.5. The topological polar surface area (TPSA) is 52.1 Å². The van der Waals surface area contributed by atoms with Crippen LogP contribution in [-0.2, 0) is 4.74 Å². The minimum absolute atomic E-state index is 0. The van der Waals surface area contributed by atoms with Gasteiger partial charge >= 0.3 is 0 Å². The highest BCUT2D eigenvalue weighted by Gasteiger charge is 2.35. The second-order valence-corrected chi connectivity index (χ2v) is 8.94. The summed E-state index contributed by atoms with van der Waals surface area (Å²) in [5.41, 5.74) is 0.184. The lowest BCUT2D eigenvalue weighted by Gasteiger charge is -2.40. The highest BCUT2D eigenvalue weighted by atomic mass is 127. The number of hydrogen-bond donors (Lipinski definition) is 2. The van der Waals surface area contributed by atoms with Crippen molar-refractivity contribution in [3.8, 4) is 0 Å². The minimum atomic E-state index is 0. The fourth-order valence-electron chi connectivity index (χ4n) is 4.11. The second kappa shape index (κ2) is 12.4. The van der Waals surface area contributed by atoms with E-state index in [1.54, 1.807) is 0 Å². The van der Waals surface area contributed by atoms with E-state index in [-0.39, 0.29) is 29.4 Å². The number of nitrogens with zero attached hydrogens (tertiary/aromatic N) is 3. The van der Waals surface area contributed by atoms with Crippen LogP contribution in [0.1, 0.15) is 40.0 Å². The van der Waals surface area contributed by atoms with Gasteiger partial charge in [-0.25, -0.2) is 0 Å². The largest absolute Gasteiger partial charge is 0.377 e. The number of rotatable bonds is 5. The molecule has 0 aromatic heterocycles. The van der Waals surface area contributed by atoms with Crippen LogP contribution in [0.4, 0.5) is 0 Å². The van der Waals surface area contributed by atoms with Crippen LogP contribution in [0.15, 0.2) is 4.99 Å². The summed E-state index contributed by atoms with van der Waals surface area (Å²) in [7, 11) is 4.07. The molecule has 6 nitrogen and oxygen atoms in total. The third-order valence-corrected chi connectivity index (χ3v) is 5.59. The number of aliphatic imine (C=N–C) groups is 1. The normalized spacial score (nSPS) is 26.2. The van der Waals surface area contributed by atoms with Crippen LogP contribution in [0.25, 0.3) is 0 Å². The third-order valence-electron chi connectivity index (χ3n) is 5.59. The molecule has 0 aliphatic carbocycles. The van der Waals surface area contributed by atoms with Crippen molar-refractivity contribution in [3.05, 3.63) is 0 Å². The first-order chi connectivity index (χ1) is 12.4. The quantitative estimate of drug-likeness (QED) is 0.348. The van der Waals surface area contributed by atoms with Crippen LogP contribution in [-0.4, -0.2) is 88.4 Å². The molecule has 2 saturated heterocycles. The first-order valence-electron chi connectivity index (χ1n) is 10.4. The van der Waals surface area contributed by atoms with Crippen molar-refractivity contribution >= 4 is 29.9 Å². The number of likely N-dealkylation sites (N-methyl/N-ethyl adjacent to an activating group) is 1. The molecule has 27 heavy (non-hydrogen) atoms. The molecule has 0 saturated carbocycles. The summed E-state index contributed by atoms with van der Waals surface area (Å²) in [6.07, 6.45) is 3.97. The molecule has 0 bridgehead atoms. The summed E-state index contributed by atoms with van der Waals surface area (Å²) in [6.45, 7) is 15.4. The Morgan fingerprint density at radius 2 is 1.89 bits per heavy atom. The Labute approximate surface area is 183 Å². The maximum atomic E-state index is 6.09. The number of hydrogen-bond acceptors (Lipinski definition) is 4. The second-order valence-electron chi connectivity index (χ2n) is 8.94. The smallest absolute Gasteiger partial charge is 0.191 e. The van der Waals surface area contributed by atoms with Crippen LogP contribution in [0.2, 0.25) is 0 Å². The zero-order valence-corrected chi connectivity index (χ0v) is 20.4. The summed E-state index contributed by atoms with van der Waals surface area (Å²) >= 11 is 0. The van der Waals surface area contributed by atoms with Gasteiger partial charge in [-0.1, -0.05) is 20.8 Å². The van der Waals surface area contributed by atoms with Crippen molar-refractivity contribution in [2.75, 3.05) is 66.5 Å². The fourth-order valence-corrected chi connectivity index (χ4v) is 4.11. The molecule has 7 heteroatoms. The molecule has 0 amide bonds. The van der Waals surface area contributed by atoms with Crippen LogP contribution in [0.3, 0.4) is 0 Å². The van der Waals surface area contributed by atoms with Gasteiger partial charge in [0, 0.05) is 52.3 Å². The van der Waals surface area contributed by atoms with E-state index in [1.807, 2.05) is 7.05 Å². The Hall–Kier alpha value is -0.120. The molecule has 160 valence electrons. The van der Waals surface area contributed by atoms with Crippen molar-refractivity contribution in [3.63, 3.8) is 0 Å². The Morgan fingerprint density at radius 1 is 1.11 bits per heavy atom. The van der Waals surface area contributed by atoms with E-state index in [9.17, 15) is 0 Å². The van der Waals surface area contributed by atoms with E-state index in [0.717, 1.165) is 45.2 Å². The number of guanidine groups is 1. The molecular formula is C20H42IN5O. The van der Waals surface area contributed by atoms with Gasteiger partial charge in [0.15, 0.2) is 5.96 Å². The molecule has 0 spiro atoms. The van der Waals surface area contributed by atoms with Gasteiger partial charge in [0.25, 0.3) is 0 Å². The molecular weight excluding hydrogens is 453 g/mol. The van der Waals surface area contributed by atoms with Crippen LogP contribution >= 0.6 is 24.0 Å². The van der Waals surface area contributed by atoms with E-state index in [1.165, 1.54) is 32.5 Å². The van der Waals surface area contributed by atoms with Gasteiger partial charge in [0.1, 0.15) is 0 Å². The summed E-state index contributed by atoms with van der Waals surface area (Å²) < 4.78 is 6.09. The zero-order chi connectivity index (χ0) is 19.0. The average molecular weight is 495 g/mol. The summed E-state index contributed by atoms with van der Waals surface area (Å²) in [6, 6.07) is 0. The van der Waals surface area contributed by atoms with Crippen molar-refractivity contribution < 1.29 is 4.74 Å². The molecule has 0 aromatic carbocycles. The monoisotopic (exact) mass is 495 g/mol. The predicted molar refractivity (Wildman–Crippen MR) is 125 cm³/mol. The highest BCUT2D eigenvalue weighted by Crippen LogP contribution is 2.33. The first-order valence-corrected chi connectivity index (χ1v) is 10.4. The molecule has 2 unspecified atom stereocenters. The van der Waals surface area contributed by atoms with Crippen molar-refractivity contribution in [2.24, 2.45) is 16.3 Å². The van der Waals surface area contributed by atoms with Gasteiger partial charge in [-0.15, -0.1) is 24.0 Å². The van der Waals surface area contributed by atoms with Crippen molar-refractivity contribution in [2.45, 2.75) is 46.1 Å². The standard InChI is InChI=1S/C20H41N5O.HI/c1-20(2,3)18-17(8-6-15-26-18)16-23-19(21-4)22-9-12-25-11-7-10-24(5)13-14-25;/h17-18H,6-16H2,1-5H3,(H2,21,22,23);1H. The molecule has 0 radical (unpaired) electrons. The molecule has 2 N–H and O–H groups in total. The van der Waals surface area contributed by atoms with Crippen LogP contribution < -0.4 is 10.6 Å². The lowest BCUT2D eigenvalue weighted by atomic mass is 9.78. The Bertz CT molecular complexity index is 441. The molecule has 2 heterocycles. The predicted octanol–water partition coefficient (Wildman–Crippen LogP) is 2.25. The lowest BCUT2D eigenvalue weighted by molar-refractivity contribution is -0.0835. The van der Waals surface area contributed by atoms with Gasteiger partial charge < -0.3 is 25.2 Å². The Balaban J connectivity index is 0.00000364. The van der Waals surface area contributed by atoms with Crippen molar-refractivity contribution in [1.29, 1.82) is 0 Å². The third kappa shape index (κ3) is 8.83. The SMILES string of the molecule is CN=C(NCCN1CCCN(C)CC1)NCC1CCCOC1C(C)(C)C.I. The molecule has 2 fully saturated rings. The number of ether oxygens (including phenoxy) is 1. The number of halogens is 1. The average Bonchev–Trinajstić information content (AvgIpc) is 2.81. The molecule has 2 atom stereocenters. The molecule has 2 rings (SSSR count).